The average molecular weight is 413 g/mol. The molecule has 2 aliphatic rings. The quantitative estimate of drug-likeness (QED) is 0.647. The lowest BCUT2D eigenvalue weighted by Crippen LogP contribution is -2.33. The molecule has 28 heavy (non-hydrogen) atoms. The van der Waals surface area contributed by atoms with Gasteiger partial charge in [0.2, 0.25) is 0 Å². The zero-order valence-corrected chi connectivity index (χ0v) is 17.8. The van der Waals surface area contributed by atoms with Gasteiger partial charge in [-0.05, 0) is 60.2 Å². The van der Waals surface area contributed by atoms with E-state index in [1.807, 2.05) is 48.7 Å². The van der Waals surface area contributed by atoms with Crippen LogP contribution in [0.5, 0.6) is 0 Å². The van der Waals surface area contributed by atoms with Crippen LogP contribution in [-0.4, -0.2) is 30.7 Å². The Hall–Kier alpha value is -2.05. The number of anilines is 2. The molecule has 4 rings (SSSR count). The second kappa shape index (κ2) is 8.13. The van der Waals surface area contributed by atoms with Crippen LogP contribution in [0.2, 0.25) is 0 Å². The maximum Gasteiger partial charge on any atom is 0.272 e. The number of imide groups is 1. The van der Waals surface area contributed by atoms with Gasteiger partial charge in [0, 0.05) is 23.7 Å². The van der Waals surface area contributed by atoms with Crippen molar-refractivity contribution in [3.63, 3.8) is 0 Å². The van der Waals surface area contributed by atoms with Gasteiger partial charge in [-0.3, -0.25) is 9.59 Å². The Labute approximate surface area is 174 Å². The van der Waals surface area contributed by atoms with Crippen LogP contribution in [0.3, 0.4) is 0 Å². The van der Waals surface area contributed by atoms with E-state index in [0.717, 1.165) is 35.3 Å². The number of hydrogen-bond donors (Lipinski definition) is 0. The molecule has 2 aromatic rings. The molecule has 0 radical (unpaired) electrons. The Bertz CT molecular complexity index is 895. The normalized spacial score (nSPS) is 18.5. The number of carbonyl (C=O) groups excluding carboxylic acids is 2. The number of carbonyl (C=O) groups is 2. The zero-order valence-electron chi connectivity index (χ0n) is 16.2. The number of hydrogen-bond acceptors (Lipinski definition) is 5. The molecule has 1 fully saturated rings. The van der Waals surface area contributed by atoms with E-state index in [4.69, 9.17) is 0 Å². The Morgan fingerprint density at radius 1 is 1.04 bits per heavy atom. The molecule has 0 unspecified atom stereocenters. The Balaban J connectivity index is 1.60. The fourth-order valence-electron chi connectivity index (χ4n) is 3.74. The molecule has 0 N–H and O–H groups in total. The molecule has 4 nitrogen and oxygen atoms in total. The molecule has 3 heterocycles. The molecule has 6 heteroatoms. The summed E-state index contributed by atoms with van der Waals surface area (Å²) in [5.41, 5.74) is 2.34. The SMILES string of the molecule is CCSC1=C(c2cccs2)C(=O)N(c2ccc(N3CCC(C)CC3)cc2)C1=O. The lowest BCUT2D eigenvalue weighted by atomic mass is 9.99. The van der Waals surface area contributed by atoms with Crippen molar-refractivity contribution in [3.8, 4) is 0 Å². The highest BCUT2D eigenvalue weighted by Gasteiger charge is 2.40. The highest BCUT2D eigenvalue weighted by molar-refractivity contribution is 8.04. The van der Waals surface area contributed by atoms with Crippen LogP contribution in [0.15, 0.2) is 46.7 Å². The van der Waals surface area contributed by atoms with Crippen LogP contribution in [0, 0.1) is 5.92 Å². The van der Waals surface area contributed by atoms with Crippen molar-refractivity contribution in [1.82, 2.24) is 0 Å². The maximum atomic E-state index is 13.2. The van der Waals surface area contributed by atoms with Gasteiger partial charge in [0.25, 0.3) is 11.8 Å². The molecule has 0 bridgehead atoms. The molecular formula is C22H24N2O2S2. The van der Waals surface area contributed by atoms with Gasteiger partial charge in [-0.2, -0.15) is 0 Å². The Morgan fingerprint density at radius 3 is 2.32 bits per heavy atom. The Morgan fingerprint density at radius 2 is 1.71 bits per heavy atom. The molecular weight excluding hydrogens is 388 g/mol. The van der Waals surface area contributed by atoms with Crippen LogP contribution < -0.4 is 9.80 Å². The van der Waals surface area contributed by atoms with Gasteiger partial charge < -0.3 is 4.90 Å². The van der Waals surface area contributed by atoms with Crippen LogP contribution in [-0.2, 0) is 9.59 Å². The minimum absolute atomic E-state index is 0.209. The monoisotopic (exact) mass is 412 g/mol. The van der Waals surface area contributed by atoms with Gasteiger partial charge in [0.1, 0.15) is 0 Å². The smallest absolute Gasteiger partial charge is 0.272 e. The van der Waals surface area contributed by atoms with Crippen molar-refractivity contribution < 1.29 is 9.59 Å². The van der Waals surface area contributed by atoms with E-state index in [1.54, 1.807) is 0 Å². The molecule has 0 spiro atoms. The lowest BCUT2D eigenvalue weighted by Gasteiger charge is -2.32. The standard InChI is InChI=1S/C22H24N2O2S2/c1-3-27-20-19(18-5-4-14-28-18)21(25)24(22(20)26)17-8-6-16(7-9-17)23-12-10-15(2)11-13-23/h4-9,14-15H,3,10-13H2,1-2H3. The van der Waals surface area contributed by atoms with Crippen molar-refractivity contribution in [1.29, 1.82) is 0 Å². The highest BCUT2D eigenvalue weighted by Crippen LogP contribution is 2.40. The topological polar surface area (TPSA) is 40.6 Å². The Kier molecular flexibility index (Phi) is 5.60. The summed E-state index contributed by atoms with van der Waals surface area (Å²) < 4.78 is 0. The minimum Gasteiger partial charge on any atom is -0.372 e. The van der Waals surface area contributed by atoms with Crippen molar-refractivity contribution in [2.24, 2.45) is 5.92 Å². The number of nitrogens with zero attached hydrogens (tertiary/aromatic N) is 2. The number of benzene rings is 1. The van der Waals surface area contributed by atoms with Gasteiger partial charge in [0.15, 0.2) is 0 Å². The van der Waals surface area contributed by atoms with Crippen LogP contribution in [0.4, 0.5) is 11.4 Å². The second-order valence-electron chi connectivity index (χ2n) is 7.25. The first-order chi connectivity index (χ1) is 13.6. The third kappa shape index (κ3) is 3.51. The molecule has 1 aromatic carbocycles. The maximum absolute atomic E-state index is 13.2. The molecule has 0 aliphatic carbocycles. The first kappa shape index (κ1) is 19.3. The fraction of sp³-hybridized carbons (Fsp3) is 0.364. The number of thiophene rings is 1. The van der Waals surface area contributed by atoms with E-state index in [9.17, 15) is 9.59 Å². The van der Waals surface area contributed by atoms with Gasteiger partial charge in [0.05, 0.1) is 16.2 Å². The molecule has 2 aliphatic heterocycles. The molecule has 1 aromatic heterocycles. The minimum atomic E-state index is -0.219. The molecule has 2 amide bonds. The fourth-order valence-corrected chi connectivity index (χ4v) is 5.42. The van der Waals surface area contributed by atoms with E-state index in [0.29, 0.717) is 16.2 Å². The molecule has 0 atom stereocenters. The molecule has 0 saturated carbocycles. The van der Waals surface area contributed by atoms with Gasteiger partial charge in [-0.25, -0.2) is 4.90 Å². The zero-order chi connectivity index (χ0) is 19.7. The van der Waals surface area contributed by atoms with E-state index >= 15 is 0 Å². The summed E-state index contributed by atoms with van der Waals surface area (Å²) in [6, 6.07) is 11.7. The summed E-state index contributed by atoms with van der Waals surface area (Å²) in [6.07, 6.45) is 2.41. The second-order valence-corrected chi connectivity index (χ2v) is 9.47. The van der Waals surface area contributed by atoms with Gasteiger partial charge in [-0.15, -0.1) is 23.1 Å². The summed E-state index contributed by atoms with van der Waals surface area (Å²) in [7, 11) is 0. The van der Waals surface area contributed by atoms with Crippen LogP contribution in [0.1, 0.15) is 31.6 Å². The summed E-state index contributed by atoms with van der Waals surface area (Å²) in [5.74, 6) is 1.11. The molecule has 1 saturated heterocycles. The first-order valence-corrected chi connectivity index (χ1v) is 11.6. The van der Waals surface area contributed by atoms with E-state index in [-0.39, 0.29) is 11.8 Å². The summed E-state index contributed by atoms with van der Waals surface area (Å²) in [4.78, 5) is 31.3. The van der Waals surface area contributed by atoms with Crippen molar-refractivity contribution in [2.45, 2.75) is 26.7 Å². The van der Waals surface area contributed by atoms with Crippen molar-refractivity contribution in [3.05, 3.63) is 51.6 Å². The summed E-state index contributed by atoms with van der Waals surface area (Å²) >= 11 is 2.94. The lowest BCUT2D eigenvalue weighted by molar-refractivity contribution is -0.119. The predicted molar refractivity (Wildman–Crippen MR) is 119 cm³/mol. The highest BCUT2D eigenvalue weighted by atomic mass is 32.2. The third-order valence-corrected chi connectivity index (χ3v) is 7.20. The number of rotatable bonds is 5. The van der Waals surface area contributed by atoms with E-state index in [2.05, 4.69) is 11.8 Å². The number of piperidine rings is 1. The van der Waals surface area contributed by atoms with Crippen LogP contribution in [0.25, 0.3) is 5.57 Å². The summed E-state index contributed by atoms with van der Waals surface area (Å²) in [5, 5.41) is 1.94. The number of amides is 2. The predicted octanol–water partition coefficient (Wildman–Crippen LogP) is 5.02. The summed E-state index contributed by atoms with van der Waals surface area (Å²) in [6.45, 7) is 6.42. The van der Waals surface area contributed by atoms with Gasteiger partial charge >= 0.3 is 0 Å². The largest absolute Gasteiger partial charge is 0.372 e. The van der Waals surface area contributed by atoms with E-state index in [1.165, 1.54) is 40.8 Å². The van der Waals surface area contributed by atoms with E-state index < -0.39 is 0 Å². The molecule has 146 valence electrons. The van der Waals surface area contributed by atoms with Crippen molar-refractivity contribution >= 4 is 51.9 Å². The van der Waals surface area contributed by atoms with Gasteiger partial charge in [-0.1, -0.05) is 19.9 Å². The first-order valence-electron chi connectivity index (χ1n) is 9.75. The third-order valence-electron chi connectivity index (χ3n) is 5.35. The van der Waals surface area contributed by atoms with Crippen molar-refractivity contribution in [2.75, 3.05) is 28.6 Å². The average Bonchev–Trinajstić information content (AvgIpc) is 3.30. The number of thioether (sulfide) groups is 1. The van der Waals surface area contributed by atoms with Crippen LogP contribution >= 0.6 is 23.1 Å².